The minimum Gasteiger partial charge on any atom is -0.464 e. The van der Waals surface area contributed by atoms with E-state index in [2.05, 4.69) is 88.0 Å². The number of ether oxygens (including phenoxy) is 3. The predicted molar refractivity (Wildman–Crippen MR) is 226 cm³/mol. The van der Waals surface area contributed by atoms with Crippen LogP contribution in [-0.2, 0) is 41.6 Å². The van der Waals surface area contributed by atoms with Crippen molar-refractivity contribution in [2.75, 3.05) is 26.9 Å². The molecule has 0 spiro atoms. The molecule has 2 N–H and O–H groups in total. The van der Waals surface area contributed by atoms with Gasteiger partial charge in [0, 0.05) is 65.1 Å². The Balaban J connectivity index is 1.40. The van der Waals surface area contributed by atoms with Gasteiger partial charge in [-0.05, 0) is 80.7 Å². The van der Waals surface area contributed by atoms with E-state index in [9.17, 15) is 14.4 Å². The molecule has 2 fully saturated rings. The topological polar surface area (TPSA) is 137 Å². The van der Waals surface area contributed by atoms with Crippen LogP contribution < -0.4 is 10.7 Å². The van der Waals surface area contributed by atoms with Gasteiger partial charge in [-0.15, -0.1) is 11.3 Å². The van der Waals surface area contributed by atoms with Crippen LogP contribution in [-0.4, -0.2) is 76.3 Å². The van der Waals surface area contributed by atoms with E-state index in [4.69, 9.17) is 24.2 Å². The highest BCUT2D eigenvalue weighted by Gasteiger charge is 2.50. The minimum absolute atomic E-state index is 0.168. The number of methoxy groups -OCH3 is 1. The zero-order valence-electron chi connectivity index (χ0n) is 35.5. The SMILES string of the molecule is CC[C@H](C)CO[C@@H]1c2nc(cs2)-c2ccc3c(c2)c(c(-c2cccnc2[C@H](C)OC)n3CC)CC(C)(C)COC(=O)[C@@H]2CCCN(N2)C(=O)[C@H]1NC(=O)C1[C@@H](C)[C@H]1C. The van der Waals surface area contributed by atoms with Crippen LogP contribution in [0.15, 0.2) is 41.9 Å². The zero-order chi connectivity index (χ0) is 41.5. The first kappa shape index (κ1) is 42.0. The van der Waals surface area contributed by atoms with E-state index in [-0.39, 0.29) is 48.2 Å². The van der Waals surface area contributed by atoms with E-state index in [1.54, 1.807) is 13.3 Å². The van der Waals surface area contributed by atoms with Gasteiger partial charge in [0.2, 0.25) is 5.91 Å². The predicted octanol–water partition coefficient (Wildman–Crippen LogP) is 7.67. The Morgan fingerprint density at radius 2 is 1.93 bits per heavy atom. The van der Waals surface area contributed by atoms with Crippen molar-refractivity contribution in [2.24, 2.45) is 29.1 Å². The number of aryl methyl sites for hydroxylation is 1. The van der Waals surface area contributed by atoms with Crippen molar-refractivity contribution in [1.82, 2.24) is 30.3 Å². The van der Waals surface area contributed by atoms with Crippen LogP contribution in [0.5, 0.6) is 0 Å². The summed E-state index contributed by atoms with van der Waals surface area (Å²) in [6, 6.07) is 8.73. The van der Waals surface area contributed by atoms with Crippen molar-refractivity contribution in [2.45, 2.75) is 112 Å². The number of nitrogens with zero attached hydrogens (tertiary/aromatic N) is 4. The van der Waals surface area contributed by atoms with E-state index in [0.717, 1.165) is 57.6 Å². The molecule has 1 saturated heterocycles. The molecule has 3 aliphatic rings. The first-order valence-electron chi connectivity index (χ1n) is 21.0. The Hall–Kier alpha value is -4.17. The first-order chi connectivity index (χ1) is 27.8. The Labute approximate surface area is 346 Å². The summed E-state index contributed by atoms with van der Waals surface area (Å²) in [6.45, 7) is 18.4. The van der Waals surface area contributed by atoms with E-state index < -0.39 is 29.6 Å². The van der Waals surface area contributed by atoms with Gasteiger partial charge in [0.1, 0.15) is 23.2 Å². The number of hydrazine groups is 1. The quantitative estimate of drug-likeness (QED) is 0.155. The van der Waals surface area contributed by atoms with E-state index in [1.165, 1.54) is 16.3 Å². The van der Waals surface area contributed by atoms with Gasteiger partial charge < -0.3 is 24.1 Å². The van der Waals surface area contributed by atoms with E-state index >= 15 is 0 Å². The molecule has 7 rings (SSSR count). The molecule has 5 heterocycles. The summed E-state index contributed by atoms with van der Waals surface area (Å²) in [5.74, 6) is -0.495. The number of hydrogen-bond acceptors (Lipinski definition) is 10. The molecule has 0 radical (unpaired) electrons. The molecule has 6 bridgehead atoms. The Morgan fingerprint density at radius 3 is 2.64 bits per heavy atom. The van der Waals surface area contributed by atoms with Gasteiger partial charge in [-0.2, -0.15) is 0 Å². The average molecular weight is 813 g/mol. The number of carbonyl (C=O) groups excluding carboxylic acids is 3. The molecular weight excluding hydrogens is 753 g/mol. The number of nitrogens with one attached hydrogen (secondary N) is 2. The lowest BCUT2D eigenvalue weighted by atomic mass is 9.84. The average Bonchev–Trinajstić information content (AvgIpc) is 3.50. The molecule has 8 atom stereocenters. The Bertz CT molecular complexity index is 2140. The van der Waals surface area contributed by atoms with Crippen LogP contribution in [0.1, 0.15) is 103 Å². The molecule has 12 nitrogen and oxygen atoms in total. The van der Waals surface area contributed by atoms with Crippen molar-refractivity contribution < 1.29 is 28.6 Å². The molecule has 1 saturated carbocycles. The summed E-state index contributed by atoms with van der Waals surface area (Å²) >= 11 is 1.43. The molecule has 4 aromatic rings. The smallest absolute Gasteiger partial charge is 0.324 e. The van der Waals surface area contributed by atoms with Crippen molar-refractivity contribution in [3.8, 4) is 22.5 Å². The highest BCUT2D eigenvalue weighted by Crippen LogP contribution is 2.46. The van der Waals surface area contributed by atoms with Gasteiger partial charge in [0.05, 0.1) is 36.4 Å². The van der Waals surface area contributed by atoms with Crippen LogP contribution >= 0.6 is 11.3 Å². The van der Waals surface area contributed by atoms with E-state index in [0.29, 0.717) is 37.4 Å². The number of cyclic esters (lactones) is 1. The van der Waals surface area contributed by atoms with Crippen molar-refractivity contribution in [1.29, 1.82) is 0 Å². The lowest BCUT2D eigenvalue weighted by Gasteiger charge is -2.37. The monoisotopic (exact) mass is 812 g/mol. The third kappa shape index (κ3) is 8.32. The number of esters is 1. The van der Waals surface area contributed by atoms with Gasteiger partial charge in [-0.1, -0.05) is 54.0 Å². The fourth-order valence-electron chi connectivity index (χ4n) is 8.54. The van der Waals surface area contributed by atoms with Crippen molar-refractivity contribution in [3.05, 3.63) is 58.2 Å². The number of benzene rings is 1. The lowest BCUT2D eigenvalue weighted by molar-refractivity contribution is -0.157. The lowest BCUT2D eigenvalue weighted by Crippen LogP contribution is -2.61. The molecular formula is C45H60N6O6S. The molecule has 13 heteroatoms. The summed E-state index contributed by atoms with van der Waals surface area (Å²) in [5.41, 5.74) is 9.52. The highest BCUT2D eigenvalue weighted by molar-refractivity contribution is 7.10. The maximum Gasteiger partial charge on any atom is 0.324 e. The molecule has 1 unspecified atom stereocenters. The van der Waals surface area contributed by atoms with Crippen LogP contribution in [0.3, 0.4) is 0 Å². The number of amides is 2. The molecule has 2 amide bonds. The number of pyridine rings is 1. The van der Waals surface area contributed by atoms with Crippen LogP contribution in [0.25, 0.3) is 33.4 Å². The van der Waals surface area contributed by atoms with Crippen LogP contribution in [0, 0.1) is 29.1 Å². The summed E-state index contributed by atoms with van der Waals surface area (Å²) in [5, 5.41) is 8.31. The summed E-state index contributed by atoms with van der Waals surface area (Å²) in [4.78, 5) is 52.4. The summed E-state index contributed by atoms with van der Waals surface area (Å²) in [6.07, 6.45) is 3.30. The maximum absolute atomic E-state index is 14.7. The van der Waals surface area contributed by atoms with Gasteiger partial charge in [0.25, 0.3) is 5.91 Å². The number of thiazole rings is 1. The summed E-state index contributed by atoms with van der Waals surface area (Å²) < 4.78 is 20.9. The number of rotatable bonds is 10. The number of carbonyl (C=O) groups is 3. The Morgan fingerprint density at radius 1 is 1.16 bits per heavy atom. The fraction of sp³-hybridized carbons (Fsp3) is 0.578. The number of hydrogen-bond donors (Lipinski definition) is 2. The van der Waals surface area contributed by atoms with Gasteiger partial charge in [0.15, 0.2) is 0 Å². The highest BCUT2D eigenvalue weighted by atomic mass is 32.1. The Kier molecular flexibility index (Phi) is 12.4. The summed E-state index contributed by atoms with van der Waals surface area (Å²) in [7, 11) is 1.70. The first-order valence-corrected chi connectivity index (χ1v) is 21.9. The molecule has 1 aliphatic carbocycles. The second kappa shape index (κ2) is 17.2. The number of aromatic nitrogens is 3. The largest absolute Gasteiger partial charge is 0.464 e. The van der Waals surface area contributed by atoms with Gasteiger partial charge in [-0.25, -0.2) is 10.4 Å². The zero-order valence-corrected chi connectivity index (χ0v) is 36.3. The molecule has 1 aromatic carbocycles. The van der Waals surface area contributed by atoms with E-state index in [1.807, 2.05) is 18.4 Å². The van der Waals surface area contributed by atoms with Crippen LogP contribution in [0.4, 0.5) is 0 Å². The number of fused-ring (bicyclic) bond motifs is 6. The normalized spacial score (nSPS) is 25.8. The van der Waals surface area contributed by atoms with Crippen molar-refractivity contribution >= 4 is 40.0 Å². The molecule has 2 aliphatic heterocycles. The molecule has 3 aromatic heterocycles. The second-order valence-corrected chi connectivity index (χ2v) is 18.3. The standard InChI is InChI=1S/C45H60N6O6S/c1-10-25(3)22-56-40-38(48-41(52)36-26(4)27(36)5)43(53)51-19-13-15-33(49-51)44(54)57-24-45(7,8)21-32-31-20-29(34-23-58-42(40)47-34)16-17-35(31)50(11-2)39(32)30-14-12-18-46-37(30)28(6)55-9/h12,14,16-18,20,23,25-28,33,36,38,40,49H,10-11,13,15,19,21-22,24H2,1-9H3,(H,48,52)/t25-,26-,27+,28-,33-,36?,38-,40-/m0/s1. The van der Waals surface area contributed by atoms with Crippen molar-refractivity contribution in [3.63, 3.8) is 0 Å². The molecule has 58 heavy (non-hydrogen) atoms. The second-order valence-electron chi connectivity index (χ2n) is 17.4. The van der Waals surface area contributed by atoms with Gasteiger partial charge in [-0.3, -0.25) is 24.4 Å². The van der Waals surface area contributed by atoms with Gasteiger partial charge >= 0.3 is 5.97 Å². The maximum atomic E-state index is 14.7. The van der Waals surface area contributed by atoms with Crippen LogP contribution in [0.2, 0.25) is 0 Å². The fourth-order valence-corrected chi connectivity index (χ4v) is 9.45. The third-order valence-electron chi connectivity index (χ3n) is 12.6. The third-order valence-corrected chi connectivity index (χ3v) is 13.5. The molecule has 312 valence electrons. The minimum atomic E-state index is -1.07.